The molecule has 7 nitrogen and oxygen atoms in total. The Hall–Kier alpha value is -2.82. The lowest BCUT2D eigenvalue weighted by Gasteiger charge is -2.28. The van der Waals surface area contributed by atoms with Crippen LogP contribution in [-0.2, 0) is 31.1 Å². The number of carbonyl (C=O) groups is 1. The maximum Gasteiger partial charge on any atom is 0.422 e. The van der Waals surface area contributed by atoms with E-state index < -0.39 is 18.7 Å². The fourth-order valence-corrected chi connectivity index (χ4v) is 5.04. The number of alkyl halides is 3. The molecule has 0 unspecified atom stereocenters. The summed E-state index contributed by atoms with van der Waals surface area (Å²) in [5, 5.41) is 3.80. The van der Waals surface area contributed by atoms with Gasteiger partial charge in [0.05, 0.1) is 12.6 Å². The molecule has 2 aromatic heterocycles. The molecule has 1 aliphatic heterocycles. The zero-order chi connectivity index (χ0) is 26.4. The van der Waals surface area contributed by atoms with E-state index in [1.807, 2.05) is 6.07 Å². The molecule has 2 aliphatic rings. The van der Waals surface area contributed by atoms with E-state index in [1.54, 1.807) is 6.21 Å². The second-order valence-electron chi connectivity index (χ2n) is 10.0. The summed E-state index contributed by atoms with van der Waals surface area (Å²) in [5.74, 6) is 0.0520. The van der Waals surface area contributed by atoms with Gasteiger partial charge in [0.1, 0.15) is 0 Å². The van der Waals surface area contributed by atoms with Crippen molar-refractivity contribution in [2.75, 3.05) is 26.2 Å². The van der Waals surface area contributed by atoms with Crippen LogP contribution < -0.4 is 4.74 Å². The number of aromatic nitrogens is 3. The van der Waals surface area contributed by atoms with Crippen molar-refractivity contribution in [3.05, 3.63) is 41.1 Å². The van der Waals surface area contributed by atoms with Gasteiger partial charge in [0.15, 0.2) is 6.61 Å². The number of fused-ring (bicyclic) bond motifs is 1. The molecule has 0 aromatic carbocycles. The van der Waals surface area contributed by atoms with Crippen LogP contribution in [0, 0.1) is 17.8 Å². The summed E-state index contributed by atoms with van der Waals surface area (Å²) in [6.45, 7) is 1.37. The van der Waals surface area contributed by atoms with Crippen LogP contribution in [0.25, 0.3) is 0 Å². The van der Waals surface area contributed by atoms with Crippen molar-refractivity contribution in [3.8, 4) is 5.88 Å². The second-order valence-corrected chi connectivity index (χ2v) is 10.0. The van der Waals surface area contributed by atoms with Crippen LogP contribution in [-0.4, -0.2) is 64.2 Å². The van der Waals surface area contributed by atoms with Gasteiger partial charge in [0.25, 0.3) is 0 Å². The van der Waals surface area contributed by atoms with Crippen LogP contribution in [0.3, 0.4) is 0 Å². The molecule has 0 N–H and O–H groups in total. The lowest BCUT2D eigenvalue weighted by atomic mass is 9.81. The van der Waals surface area contributed by atoms with Crippen LogP contribution >= 0.6 is 0 Å². The Morgan fingerprint density at radius 1 is 1.19 bits per heavy atom. The number of pyridine rings is 1. The van der Waals surface area contributed by atoms with Gasteiger partial charge in [-0.05, 0) is 62.5 Å². The third-order valence-corrected chi connectivity index (χ3v) is 7.24. The molecule has 0 spiro atoms. The van der Waals surface area contributed by atoms with E-state index in [9.17, 15) is 22.4 Å². The average molecular weight is 524 g/mol. The number of carbonyl (C=O) groups excluding carboxylic acids is 1. The molecule has 1 fully saturated rings. The minimum atomic E-state index is -4.38. The van der Waals surface area contributed by atoms with Crippen molar-refractivity contribution in [2.45, 2.75) is 57.5 Å². The number of hydrogen-bond donors (Lipinski definition) is 0. The summed E-state index contributed by atoms with van der Waals surface area (Å²) in [6, 6.07) is 3.35. The van der Waals surface area contributed by atoms with Crippen LogP contribution in [0.2, 0.25) is 0 Å². The van der Waals surface area contributed by atoms with Gasteiger partial charge in [-0.25, -0.2) is 14.7 Å². The fraction of sp³-hybridized carbons (Fsp3) is 0.615. The average Bonchev–Trinajstić information content (AvgIpc) is 3.06. The molecule has 37 heavy (non-hydrogen) atoms. The number of ether oxygens (including phenoxy) is 1. The van der Waals surface area contributed by atoms with E-state index in [2.05, 4.69) is 20.0 Å². The SMILES string of the molecule is Cn1ncc(CC(=O)/N=C/C2CCC(CCN3CCc4ccc(OCC(F)(F)F)nc4CC3)CC2)c1F. The predicted octanol–water partition coefficient (Wildman–Crippen LogP) is 4.33. The van der Waals surface area contributed by atoms with Crippen LogP contribution in [0.5, 0.6) is 5.88 Å². The van der Waals surface area contributed by atoms with E-state index in [4.69, 9.17) is 4.74 Å². The van der Waals surface area contributed by atoms with Gasteiger partial charge in [-0.1, -0.05) is 6.07 Å². The highest BCUT2D eigenvalue weighted by Gasteiger charge is 2.29. The Labute approximate surface area is 213 Å². The molecule has 3 heterocycles. The van der Waals surface area contributed by atoms with Gasteiger partial charge in [-0.2, -0.15) is 22.7 Å². The number of halogens is 4. The molecule has 1 aliphatic carbocycles. The number of amides is 1. The smallest absolute Gasteiger partial charge is 0.422 e. The monoisotopic (exact) mass is 523 g/mol. The topological polar surface area (TPSA) is 72.6 Å². The summed E-state index contributed by atoms with van der Waals surface area (Å²) in [4.78, 5) is 22.9. The number of nitrogens with zero attached hydrogens (tertiary/aromatic N) is 5. The molecule has 2 aromatic rings. The molecule has 0 atom stereocenters. The third-order valence-electron chi connectivity index (χ3n) is 7.24. The van der Waals surface area contributed by atoms with E-state index in [1.165, 1.54) is 19.3 Å². The summed E-state index contributed by atoms with van der Waals surface area (Å²) >= 11 is 0. The third kappa shape index (κ3) is 8.08. The summed E-state index contributed by atoms with van der Waals surface area (Å²) in [5.41, 5.74) is 2.15. The first-order chi connectivity index (χ1) is 17.7. The lowest BCUT2D eigenvalue weighted by molar-refractivity contribution is -0.154. The molecule has 11 heteroatoms. The quantitative estimate of drug-likeness (QED) is 0.381. The molecule has 1 saturated carbocycles. The number of aryl methyl sites for hydroxylation is 1. The largest absolute Gasteiger partial charge is 0.468 e. The maximum atomic E-state index is 13.8. The first-order valence-corrected chi connectivity index (χ1v) is 12.8. The number of rotatable bonds is 8. The van der Waals surface area contributed by atoms with E-state index in [-0.39, 0.29) is 29.7 Å². The van der Waals surface area contributed by atoms with Gasteiger partial charge in [0.2, 0.25) is 17.7 Å². The van der Waals surface area contributed by atoms with Crippen molar-refractivity contribution >= 4 is 12.1 Å². The highest BCUT2D eigenvalue weighted by molar-refractivity contribution is 5.87. The Bertz CT molecular complexity index is 1090. The van der Waals surface area contributed by atoms with Crippen molar-refractivity contribution in [3.63, 3.8) is 0 Å². The Kier molecular flexibility index (Phi) is 8.94. The summed E-state index contributed by atoms with van der Waals surface area (Å²) in [7, 11) is 1.49. The highest BCUT2D eigenvalue weighted by atomic mass is 19.4. The van der Waals surface area contributed by atoms with Crippen LogP contribution in [0.4, 0.5) is 17.6 Å². The first-order valence-electron chi connectivity index (χ1n) is 12.8. The molecular weight excluding hydrogens is 490 g/mol. The maximum absolute atomic E-state index is 13.8. The standard InChI is InChI=1S/C26H33F4N5O2/c1-34-25(27)21(16-32-34)14-23(36)31-15-19-4-2-18(3-5-19)8-11-35-12-9-20-6-7-24(33-22(20)10-13-35)37-17-26(28,29)30/h6-7,15-16,18-19H,2-5,8-14,17H2,1H3/b31-15+. The molecule has 0 radical (unpaired) electrons. The molecule has 0 bridgehead atoms. The minimum absolute atomic E-state index is 0.0239. The van der Waals surface area contributed by atoms with E-state index in [0.717, 1.165) is 74.1 Å². The molecular formula is C26H33F4N5O2. The number of hydrogen-bond acceptors (Lipinski definition) is 5. The van der Waals surface area contributed by atoms with Crippen molar-refractivity contribution in [1.29, 1.82) is 0 Å². The van der Waals surface area contributed by atoms with Gasteiger partial charge in [0, 0.05) is 50.1 Å². The Morgan fingerprint density at radius 2 is 1.95 bits per heavy atom. The molecule has 1 amide bonds. The van der Waals surface area contributed by atoms with Gasteiger partial charge in [-0.3, -0.25) is 4.79 Å². The normalized spacial score (nSPS) is 21.1. The second kappa shape index (κ2) is 12.1. The van der Waals surface area contributed by atoms with Gasteiger partial charge >= 0.3 is 6.18 Å². The Balaban J connectivity index is 1.16. The van der Waals surface area contributed by atoms with Crippen molar-refractivity contribution < 1.29 is 27.1 Å². The first kappa shape index (κ1) is 27.2. The van der Waals surface area contributed by atoms with Crippen LogP contribution in [0.1, 0.15) is 48.9 Å². The van der Waals surface area contributed by atoms with E-state index >= 15 is 0 Å². The minimum Gasteiger partial charge on any atom is -0.468 e. The Morgan fingerprint density at radius 3 is 2.65 bits per heavy atom. The highest BCUT2D eigenvalue weighted by Crippen LogP contribution is 2.30. The summed E-state index contributed by atoms with van der Waals surface area (Å²) < 4.78 is 57.0. The van der Waals surface area contributed by atoms with Gasteiger partial charge < -0.3 is 9.64 Å². The molecule has 4 rings (SSSR count). The zero-order valence-electron chi connectivity index (χ0n) is 21.0. The summed E-state index contributed by atoms with van der Waals surface area (Å²) in [6.07, 6.45) is 5.37. The van der Waals surface area contributed by atoms with Crippen LogP contribution in [0.15, 0.2) is 23.3 Å². The molecule has 202 valence electrons. The van der Waals surface area contributed by atoms with Gasteiger partial charge in [-0.15, -0.1) is 0 Å². The lowest BCUT2D eigenvalue weighted by Crippen LogP contribution is -2.29. The zero-order valence-corrected chi connectivity index (χ0v) is 21.0. The van der Waals surface area contributed by atoms with Crippen molar-refractivity contribution in [1.82, 2.24) is 19.7 Å². The fourth-order valence-electron chi connectivity index (χ4n) is 5.04. The number of aliphatic imine (C=N–C) groups is 1. The van der Waals surface area contributed by atoms with Crippen molar-refractivity contribution in [2.24, 2.45) is 23.9 Å². The van der Waals surface area contributed by atoms with E-state index in [0.29, 0.717) is 12.3 Å². The molecule has 0 saturated heterocycles. The predicted molar refractivity (Wildman–Crippen MR) is 130 cm³/mol.